The van der Waals surface area contributed by atoms with Crippen LogP contribution in [0.1, 0.15) is 168 Å². The van der Waals surface area contributed by atoms with Gasteiger partial charge in [0.25, 0.3) is 0 Å². The highest BCUT2D eigenvalue weighted by Crippen LogP contribution is 2.49. The van der Waals surface area contributed by atoms with Crippen LogP contribution in [0.4, 0.5) is 0 Å². The molecule has 338 valence electrons. The number of aryl methyl sites for hydroxylation is 3. The summed E-state index contributed by atoms with van der Waals surface area (Å²) in [5.41, 5.74) is 9.47. The molecular weight excluding hydrogens is 777 g/mol. The molecule has 0 amide bonds. The highest BCUT2D eigenvalue weighted by molar-refractivity contribution is 5.86. The van der Waals surface area contributed by atoms with Crippen LogP contribution >= 0.6 is 0 Å². The average molecular weight is 851 g/mol. The van der Waals surface area contributed by atoms with E-state index in [4.69, 9.17) is 24.4 Å². The van der Waals surface area contributed by atoms with Crippen LogP contribution < -0.4 is 14.2 Å². The number of hydrogen-bond donors (Lipinski definition) is 3. The molecule has 2 aliphatic rings. The first-order valence-electron chi connectivity index (χ1n) is 22.8. The minimum absolute atomic E-state index is 0.123. The lowest BCUT2D eigenvalue weighted by Gasteiger charge is -2.38. The predicted octanol–water partition coefficient (Wildman–Crippen LogP) is 14.5. The molecule has 0 unspecified atom stereocenters. The van der Waals surface area contributed by atoms with Crippen molar-refractivity contribution in [2.75, 3.05) is 0 Å². The Balaban J connectivity index is 1.30. The van der Waals surface area contributed by atoms with E-state index in [0.29, 0.717) is 22.6 Å². The van der Waals surface area contributed by atoms with Crippen LogP contribution in [0.3, 0.4) is 0 Å². The van der Waals surface area contributed by atoms with Crippen LogP contribution in [-0.4, -0.2) is 38.5 Å². The third kappa shape index (κ3) is 15.1. The second-order valence-corrected chi connectivity index (χ2v) is 18.6. The summed E-state index contributed by atoms with van der Waals surface area (Å²) < 4.78 is 20.1. The minimum atomic E-state index is -0.855. The van der Waals surface area contributed by atoms with Crippen molar-refractivity contribution in [3.8, 4) is 28.7 Å². The first-order chi connectivity index (χ1) is 29.3. The average Bonchev–Trinajstić information content (AvgIpc) is 3.19. The van der Waals surface area contributed by atoms with Crippen molar-refractivity contribution in [2.45, 2.75) is 183 Å². The topological polar surface area (TPSA) is 123 Å². The molecule has 4 rings (SSSR count). The van der Waals surface area contributed by atoms with E-state index >= 15 is 0 Å². The number of hydrogen-bond acceptors (Lipinski definition) is 6. The lowest BCUT2D eigenvalue weighted by Crippen LogP contribution is -2.36. The lowest BCUT2D eigenvalue weighted by atomic mass is 9.87. The molecule has 2 aromatic carbocycles. The monoisotopic (exact) mass is 851 g/mol. The van der Waals surface area contributed by atoms with Gasteiger partial charge in [0.15, 0.2) is 11.5 Å². The molecule has 8 nitrogen and oxygen atoms in total. The first-order valence-corrected chi connectivity index (χ1v) is 22.8. The Labute approximate surface area is 372 Å². The molecule has 2 atom stereocenters. The predicted molar refractivity (Wildman–Crippen MR) is 252 cm³/mol. The maximum Gasteiger partial charge on any atom is 0.330 e. The molecule has 0 spiro atoms. The van der Waals surface area contributed by atoms with Gasteiger partial charge in [0, 0.05) is 16.7 Å². The molecule has 0 aromatic heterocycles. The van der Waals surface area contributed by atoms with Gasteiger partial charge in [-0.3, -0.25) is 0 Å². The molecule has 2 aliphatic heterocycles. The van der Waals surface area contributed by atoms with E-state index in [1.165, 1.54) is 22.3 Å². The van der Waals surface area contributed by atoms with E-state index in [-0.39, 0.29) is 17.0 Å². The fourth-order valence-electron chi connectivity index (χ4n) is 8.33. The number of allylic oxidation sites excluding steroid dienone is 10. The summed E-state index contributed by atoms with van der Waals surface area (Å²) in [6.45, 7) is 20.3. The maximum atomic E-state index is 11.2. The number of aliphatic carboxylic acids is 2. The molecule has 8 heteroatoms. The highest BCUT2D eigenvalue weighted by Gasteiger charge is 2.36. The summed E-state index contributed by atoms with van der Waals surface area (Å²) in [5, 5.41) is 29.3. The van der Waals surface area contributed by atoms with Crippen molar-refractivity contribution in [3.63, 3.8) is 0 Å². The van der Waals surface area contributed by atoms with Crippen molar-refractivity contribution in [2.24, 2.45) is 0 Å². The van der Waals surface area contributed by atoms with Gasteiger partial charge in [0.1, 0.15) is 28.5 Å². The van der Waals surface area contributed by atoms with Gasteiger partial charge in [-0.25, -0.2) is 9.59 Å². The van der Waals surface area contributed by atoms with E-state index in [2.05, 4.69) is 78.8 Å². The zero-order valence-electron chi connectivity index (χ0n) is 39.4. The third-order valence-electron chi connectivity index (χ3n) is 12.6. The molecular formula is C54H74O8. The van der Waals surface area contributed by atoms with Crippen molar-refractivity contribution < 1.29 is 39.1 Å². The molecule has 0 saturated carbocycles. The number of aromatic hydroxyl groups is 1. The van der Waals surface area contributed by atoms with Crippen molar-refractivity contribution in [3.05, 3.63) is 110 Å². The molecule has 3 N–H and O–H groups in total. The van der Waals surface area contributed by atoms with Gasteiger partial charge in [0.05, 0.1) is 0 Å². The van der Waals surface area contributed by atoms with Gasteiger partial charge in [-0.05, 0) is 207 Å². The van der Waals surface area contributed by atoms with E-state index in [1.54, 1.807) is 32.1 Å². The number of carboxylic acid groups (broad SMARTS) is 2. The van der Waals surface area contributed by atoms with Crippen LogP contribution in [0, 0.1) is 13.8 Å². The quantitative estimate of drug-likeness (QED) is 0.0791. The summed E-state index contributed by atoms with van der Waals surface area (Å²) in [7, 11) is 0. The van der Waals surface area contributed by atoms with Gasteiger partial charge < -0.3 is 29.5 Å². The Morgan fingerprint density at radius 2 is 1.03 bits per heavy atom. The number of benzene rings is 2. The van der Waals surface area contributed by atoms with Crippen LogP contribution in [0.25, 0.3) is 0 Å². The van der Waals surface area contributed by atoms with E-state index in [9.17, 15) is 14.7 Å². The summed E-state index contributed by atoms with van der Waals surface area (Å²) in [4.78, 5) is 22.0. The van der Waals surface area contributed by atoms with Gasteiger partial charge in [-0.1, -0.05) is 58.7 Å². The second kappa shape index (κ2) is 22.9. The van der Waals surface area contributed by atoms with Crippen LogP contribution in [0.2, 0.25) is 0 Å². The normalized spacial score (nSPS) is 20.0. The Morgan fingerprint density at radius 1 is 0.613 bits per heavy atom. The van der Waals surface area contributed by atoms with Crippen molar-refractivity contribution in [1.82, 2.24) is 0 Å². The minimum Gasteiger partial charge on any atom is -0.504 e. The summed E-state index contributed by atoms with van der Waals surface area (Å²) in [6, 6.07) is 5.83. The van der Waals surface area contributed by atoms with Crippen LogP contribution in [-0.2, 0) is 22.4 Å². The summed E-state index contributed by atoms with van der Waals surface area (Å²) in [6.07, 6.45) is 27.0. The van der Waals surface area contributed by atoms with E-state index in [1.807, 2.05) is 13.0 Å². The van der Waals surface area contributed by atoms with Crippen LogP contribution in [0.15, 0.2) is 88.1 Å². The molecule has 62 heavy (non-hydrogen) atoms. The largest absolute Gasteiger partial charge is 0.504 e. The third-order valence-corrected chi connectivity index (χ3v) is 12.6. The van der Waals surface area contributed by atoms with Gasteiger partial charge in [-0.15, -0.1) is 0 Å². The zero-order valence-corrected chi connectivity index (χ0v) is 39.4. The highest BCUT2D eigenvalue weighted by atomic mass is 16.5. The molecule has 2 heterocycles. The first kappa shape index (κ1) is 49.7. The van der Waals surface area contributed by atoms with E-state index in [0.717, 1.165) is 136 Å². The van der Waals surface area contributed by atoms with Gasteiger partial charge in [0.2, 0.25) is 0 Å². The Hall–Kier alpha value is -4.98. The second-order valence-electron chi connectivity index (χ2n) is 18.6. The Kier molecular flexibility index (Phi) is 18.4. The molecule has 0 aliphatic carbocycles. The maximum absolute atomic E-state index is 11.2. The molecule has 0 bridgehead atoms. The number of carboxylic acids is 2. The number of fused-ring (bicyclic) bond motifs is 2. The van der Waals surface area contributed by atoms with E-state index < -0.39 is 11.9 Å². The number of phenolic OH excluding ortho intramolecular Hbond substituents is 1. The standard InChI is InChI=1S/C54H74O8/c1-36(21-13-25-40(5)51(56)57)17-11-19-38(3)23-15-29-53(9)31-27-44-35-45(33-42(7)48(44)61-53)60-50-46-28-32-54(10,62-49(46)43(8)34-47(50)55)30-16-24-39(4)20-12-18-37(2)22-14-26-41(6)52(58)59/h17-18,23-26,33-35,55H,11-16,19-22,27-32H2,1-10H3,(H,56,57)(H,58,59)/b36-17+,37-18+,38-23+,39-24+,40-25+,41-26+/t53-,54-/m1/s1. The Bertz CT molecular complexity index is 2110. The zero-order chi connectivity index (χ0) is 45.6. The molecule has 0 fully saturated rings. The van der Waals surface area contributed by atoms with Crippen LogP contribution in [0.5, 0.6) is 28.7 Å². The fourth-order valence-corrected chi connectivity index (χ4v) is 8.33. The Morgan fingerprint density at radius 3 is 1.52 bits per heavy atom. The van der Waals surface area contributed by atoms with Gasteiger partial charge >= 0.3 is 11.9 Å². The number of ether oxygens (including phenoxy) is 3. The molecule has 0 saturated heterocycles. The molecule has 0 radical (unpaired) electrons. The number of carbonyl (C=O) groups is 2. The van der Waals surface area contributed by atoms with Gasteiger partial charge in [-0.2, -0.15) is 0 Å². The lowest BCUT2D eigenvalue weighted by molar-refractivity contribution is -0.133. The SMILES string of the molecule is C/C(=C\CC/C(C)=C/CC[C@]1(C)CCc2cc(Oc3c(O)cc(C)c4c3CC[C@@](C)(CC/C=C(\C)CC/C=C(\C)CC/C=C(\C)C(=O)O)O4)cc(C)c2O1)CC/C=C(\C)C(=O)O. The smallest absolute Gasteiger partial charge is 0.330 e. The summed E-state index contributed by atoms with van der Waals surface area (Å²) >= 11 is 0. The number of phenols is 1. The van der Waals surface area contributed by atoms with Crippen molar-refractivity contribution in [1.29, 1.82) is 0 Å². The van der Waals surface area contributed by atoms with Crippen molar-refractivity contribution >= 4 is 11.9 Å². The summed E-state index contributed by atoms with van der Waals surface area (Å²) in [5.74, 6) is 1.32. The molecule has 2 aromatic rings. The number of rotatable bonds is 22. The fraction of sp³-hybridized carbons (Fsp3) is 0.519.